The van der Waals surface area contributed by atoms with E-state index < -0.39 is 30.7 Å². The van der Waals surface area contributed by atoms with Crippen molar-refractivity contribution in [1.82, 2.24) is 10.3 Å². The number of rotatable bonds is 5. The van der Waals surface area contributed by atoms with E-state index in [1.807, 2.05) is 0 Å². The minimum Gasteiger partial charge on any atom is -0.450 e. The molecule has 0 radical (unpaired) electrons. The summed E-state index contributed by atoms with van der Waals surface area (Å²) in [6, 6.07) is 2.68. The number of alkyl carbamates (subject to hydrolysis) is 1. The van der Waals surface area contributed by atoms with Crippen molar-refractivity contribution >= 4 is 6.09 Å². The maximum atomic E-state index is 13.1. The number of nitrogens with two attached hydrogens (primary N) is 1. The van der Waals surface area contributed by atoms with Crippen LogP contribution in [0.2, 0.25) is 0 Å². The van der Waals surface area contributed by atoms with Crippen molar-refractivity contribution in [3.63, 3.8) is 0 Å². The van der Waals surface area contributed by atoms with Gasteiger partial charge in [-0.15, -0.1) is 0 Å². The Morgan fingerprint density at radius 1 is 1.26 bits per heavy atom. The molecule has 5 nitrogen and oxygen atoms in total. The summed E-state index contributed by atoms with van der Waals surface area (Å²) in [5.41, 5.74) is -4.40. The van der Waals surface area contributed by atoms with E-state index in [0.717, 1.165) is 11.5 Å². The molecular weight excluding hydrogens is 332 g/mol. The lowest BCUT2D eigenvalue weighted by molar-refractivity contribution is -0.796. The maximum Gasteiger partial charge on any atom is 0.476 e. The van der Waals surface area contributed by atoms with Crippen molar-refractivity contribution in [3.05, 3.63) is 30.1 Å². The van der Waals surface area contributed by atoms with Crippen LogP contribution in [0.25, 0.3) is 0 Å². The van der Waals surface area contributed by atoms with Gasteiger partial charge >= 0.3 is 24.1 Å². The van der Waals surface area contributed by atoms with Crippen molar-refractivity contribution in [1.29, 1.82) is 0 Å². The Morgan fingerprint density at radius 2 is 1.87 bits per heavy atom. The molecule has 11 heteroatoms. The Kier molecular flexibility index (Phi) is 5.81. The summed E-state index contributed by atoms with van der Waals surface area (Å²) in [6.07, 6.45) is -11.0. The van der Waals surface area contributed by atoms with Crippen molar-refractivity contribution in [2.24, 2.45) is 0 Å². The number of amides is 1. The minimum atomic E-state index is -5.81. The van der Waals surface area contributed by atoms with Crippen molar-refractivity contribution in [3.8, 4) is 0 Å². The smallest absolute Gasteiger partial charge is 0.450 e. The second-order valence-electron chi connectivity index (χ2n) is 4.42. The topological polar surface area (TPSA) is 67.8 Å². The van der Waals surface area contributed by atoms with Gasteiger partial charge in [-0.3, -0.25) is 10.3 Å². The predicted molar refractivity (Wildman–Crippen MR) is 64.9 cm³/mol. The van der Waals surface area contributed by atoms with Crippen LogP contribution in [0.4, 0.5) is 31.1 Å². The zero-order chi connectivity index (χ0) is 17.7. The SMILES string of the molecule is CCOC(=O)NC([NH2+]Cc1cccnc1)(C(F)(F)F)C(F)(F)F. The molecule has 0 bridgehead atoms. The standard InChI is InChI=1S/C12H13F6N3O2/c1-2-23-9(22)21-10(11(13,14)15,12(16,17)18)20-7-8-4-3-5-19-6-8/h3-6,20H,2,7H2,1H3,(H,21,22)/p+1. The molecule has 0 aliphatic rings. The summed E-state index contributed by atoms with van der Waals surface area (Å²) in [5, 5.41) is 0.840. The molecule has 1 heterocycles. The average molecular weight is 346 g/mol. The minimum absolute atomic E-state index is 0.0546. The van der Waals surface area contributed by atoms with Gasteiger partial charge in [0.2, 0.25) is 0 Å². The van der Waals surface area contributed by atoms with Gasteiger partial charge in [0.05, 0.1) is 6.61 Å². The lowest BCUT2D eigenvalue weighted by Gasteiger charge is -2.34. The molecule has 0 saturated heterocycles. The van der Waals surface area contributed by atoms with Gasteiger partial charge in [-0.25, -0.2) is 4.79 Å². The lowest BCUT2D eigenvalue weighted by Crippen LogP contribution is -3.07. The van der Waals surface area contributed by atoms with Crippen molar-refractivity contribution in [2.45, 2.75) is 31.5 Å². The largest absolute Gasteiger partial charge is 0.476 e. The number of nitrogens with one attached hydrogen (secondary N) is 1. The summed E-state index contributed by atoms with van der Waals surface area (Å²) in [6.45, 7) is 0.168. The van der Waals surface area contributed by atoms with Gasteiger partial charge in [-0.05, 0) is 13.0 Å². The molecule has 0 unspecified atom stereocenters. The van der Waals surface area contributed by atoms with Gasteiger partial charge in [0.25, 0.3) is 0 Å². The molecule has 1 rings (SSSR count). The zero-order valence-electron chi connectivity index (χ0n) is 11.8. The molecule has 0 aliphatic heterocycles. The first kappa shape index (κ1) is 19.0. The van der Waals surface area contributed by atoms with Crippen LogP contribution in [-0.4, -0.2) is 35.7 Å². The zero-order valence-corrected chi connectivity index (χ0v) is 11.8. The molecule has 23 heavy (non-hydrogen) atoms. The van der Waals surface area contributed by atoms with E-state index >= 15 is 0 Å². The summed E-state index contributed by atoms with van der Waals surface area (Å²) in [4.78, 5) is 14.8. The third-order valence-corrected chi connectivity index (χ3v) is 2.84. The van der Waals surface area contributed by atoms with Gasteiger partial charge in [0.1, 0.15) is 6.54 Å². The normalized spacial score (nSPS) is 12.8. The van der Waals surface area contributed by atoms with Crippen molar-refractivity contribution in [2.75, 3.05) is 6.61 Å². The highest BCUT2D eigenvalue weighted by molar-refractivity contribution is 5.68. The van der Waals surface area contributed by atoms with Crippen LogP contribution in [0.3, 0.4) is 0 Å². The number of aromatic nitrogens is 1. The molecule has 0 saturated carbocycles. The molecule has 130 valence electrons. The fourth-order valence-electron chi connectivity index (χ4n) is 1.70. The van der Waals surface area contributed by atoms with E-state index in [4.69, 9.17) is 0 Å². The predicted octanol–water partition coefficient (Wildman–Crippen LogP) is 1.71. The highest BCUT2D eigenvalue weighted by Gasteiger charge is 2.76. The molecule has 1 amide bonds. The lowest BCUT2D eigenvalue weighted by atomic mass is 10.1. The van der Waals surface area contributed by atoms with Crippen LogP contribution in [0.1, 0.15) is 12.5 Å². The molecule has 1 aromatic rings. The fourth-order valence-corrected chi connectivity index (χ4v) is 1.70. The summed E-state index contributed by atoms with van der Waals surface area (Å²) in [7, 11) is 0. The Hall–Kier alpha value is -2.04. The second-order valence-corrected chi connectivity index (χ2v) is 4.42. The number of halogens is 6. The number of nitrogens with zero attached hydrogens (tertiary/aromatic N) is 1. The number of carbonyl (C=O) groups is 1. The molecule has 0 spiro atoms. The Morgan fingerprint density at radius 3 is 2.30 bits per heavy atom. The molecule has 0 atom stereocenters. The quantitative estimate of drug-likeness (QED) is 0.630. The first-order chi connectivity index (χ1) is 10.5. The first-order valence-electron chi connectivity index (χ1n) is 6.35. The molecule has 3 N–H and O–H groups in total. The summed E-state index contributed by atoms with van der Waals surface area (Å²) >= 11 is 0. The number of ether oxygens (including phenoxy) is 1. The van der Waals surface area contributed by atoms with E-state index in [-0.39, 0.29) is 17.5 Å². The van der Waals surface area contributed by atoms with Crippen LogP contribution >= 0.6 is 0 Å². The van der Waals surface area contributed by atoms with Crippen LogP contribution < -0.4 is 10.6 Å². The summed E-state index contributed by atoms with van der Waals surface area (Å²) < 4.78 is 83.0. The maximum absolute atomic E-state index is 13.1. The highest BCUT2D eigenvalue weighted by Crippen LogP contribution is 2.38. The van der Waals surface area contributed by atoms with Crippen LogP contribution in [0.15, 0.2) is 24.5 Å². The van der Waals surface area contributed by atoms with Crippen molar-refractivity contribution < 1.29 is 41.2 Å². The molecule has 0 aliphatic carbocycles. The van der Waals surface area contributed by atoms with Gasteiger partial charge in [-0.1, -0.05) is 6.07 Å². The van der Waals surface area contributed by atoms with Gasteiger partial charge in [0, 0.05) is 18.0 Å². The fraction of sp³-hybridized carbons (Fsp3) is 0.500. The number of quaternary nitrogens is 1. The average Bonchev–Trinajstić information content (AvgIpc) is 2.42. The van der Waals surface area contributed by atoms with Crippen LogP contribution in [0, 0.1) is 0 Å². The van der Waals surface area contributed by atoms with E-state index in [0.29, 0.717) is 0 Å². The van der Waals surface area contributed by atoms with E-state index in [1.165, 1.54) is 25.3 Å². The number of hydrogen-bond donors (Lipinski definition) is 2. The number of alkyl halides is 6. The summed E-state index contributed by atoms with van der Waals surface area (Å²) in [5.74, 6) is 0. The van der Waals surface area contributed by atoms with Gasteiger partial charge < -0.3 is 10.1 Å². The number of hydrogen-bond acceptors (Lipinski definition) is 3. The van der Waals surface area contributed by atoms with Crippen LogP contribution in [-0.2, 0) is 11.3 Å². The Bertz CT molecular complexity index is 504. The number of carbonyl (C=O) groups excluding carboxylic acids is 1. The van der Waals surface area contributed by atoms with E-state index in [2.05, 4.69) is 9.72 Å². The monoisotopic (exact) mass is 346 g/mol. The van der Waals surface area contributed by atoms with Gasteiger partial charge in [0.15, 0.2) is 0 Å². The highest BCUT2D eigenvalue weighted by atomic mass is 19.4. The molecule has 1 aromatic heterocycles. The van der Waals surface area contributed by atoms with E-state index in [1.54, 1.807) is 0 Å². The van der Waals surface area contributed by atoms with Crippen LogP contribution in [0.5, 0.6) is 0 Å². The Balaban J connectivity index is 3.14. The number of pyridine rings is 1. The Labute approximate surface area is 127 Å². The third kappa shape index (κ3) is 4.47. The second kappa shape index (κ2) is 7.02. The third-order valence-electron chi connectivity index (χ3n) is 2.84. The molecular formula is C12H14F6N3O2+. The van der Waals surface area contributed by atoms with E-state index in [9.17, 15) is 31.1 Å². The molecule has 0 aromatic carbocycles. The first-order valence-corrected chi connectivity index (χ1v) is 6.35. The van der Waals surface area contributed by atoms with Gasteiger partial charge in [-0.2, -0.15) is 26.3 Å². The molecule has 0 fully saturated rings.